The number of primary amides is 1. The van der Waals surface area contributed by atoms with E-state index in [1.165, 1.54) is 13.0 Å². The highest BCUT2D eigenvalue weighted by molar-refractivity contribution is 5.73. The molecule has 0 aliphatic carbocycles. The molecule has 0 bridgehead atoms. The van der Waals surface area contributed by atoms with Gasteiger partial charge in [0.1, 0.15) is 0 Å². The first-order chi connectivity index (χ1) is 8.00. The summed E-state index contributed by atoms with van der Waals surface area (Å²) in [5.41, 5.74) is 5.11. The minimum absolute atomic E-state index is 0.189. The Balaban J connectivity index is 2.16. The van der Waals surface area contributed by atoms with Crippen molar-refractivity contribution in [2.75, 3.05) is 20.1 Å². The molecule has 1 aliphatic heterocycles. The van der Waals surface area contributed by atoms with E-state index in [1.807, 2.05) is 0 Å². The summed E-state index contributed by atoms with van der Waals surface area (Å²) in [6.07, 6.45) is 3.67. The van der Waals surface area contributed by atoms with Crippen molar-refractivity contribution < 1.29 is 4.79 Å². The monoisotopic (exact) mass is 241 g/mol. The summed E-state index contributed by atoms with van der Waals surface area (Å²) >= 11 is 0. The highest BCUT2D eigenvalue weighted by atomic mass is 16.1. The van der Waals surface area contributed by atoms with Crippen LogP contribution < -0.4 is 11.1 Å². The Labute approximate surface area is 105 Å². The Morgan fingerprint density at radius 2 is 2.12 bits per heavy atom. The van der Waals surface area contributed by atoms with Gasteiger partial charge in [0.05, 0.1) is 0 Å². The fourth-order valence-electron chi connectivity index (χ4n) is 2.54. The molecular weight excluding hydrogens is 214 g/mol. The summed E-state index contributed by atoms with van der Waals surface area (Å²) in [7, 11) is 2.20. The second-order valence-corrected chi connectivity index (χ2v) is 5.49. The molecule has 100 valence electrons. The number of hydrogen-bond acceptors (Lipinski definition) is 3. The number of carbonyl (C=O) groups is 1. The quantitative estimate of drug-likeness (QED) is 0.681. The maximum atomic E-state index is 10.6. The number of nitrogens with zero attached hydrogens (tertiary/aromatic N) is 1. The summed E-state index contributed by atoms with van der Waals surface area (Å²) in [6, 6.07) is 1.28. The minimum Gasteiger partial charge on any atom is -0.370 e. The molecule has 1 fully saturated rings. The first-order valence-electron chi connectivity index (χ1n) is 6.72. The molecule has 0 aromatic rings. The van der Waals surface area contributed by atoms with Crippen molar-refractivity contribution in [2.24, 2.45) is 11.7 Å². The highest BCUT2D eigenvalue weighted by Crippen LogP contribution is 2.20. The lowest BCUT2D eigenvalue weighted by Crippen LogP contribution is -2.51. The number of amides is 1. The predicted octanol–water partition coefficient (Wildman–Crippen LogP) is 0.960. The van der Waals surface area contributed by atoms with E-state index >= 15 is 0 Å². The molecule has 0 aromatic heterocycles. The molecule has 1 heterocycles. The smallest absolute Gasteiger partial charge is 0.217 e. The van der Waals surface area contributed by atoms with Gasteiger partial charge >= 0.3 is 0 Å². The van der Waals surface area contributed by atoms with Crippen LogP contribution in [0.4, 0.5) is 0 Å². The summed E-state index contributed by atoms with van der Waals surface area (Å²) in [4.78, 5) is 13.0. The predicted molar refractivity (Wildman–Crippen MR) is 70.7 cm³/mol. The van der Waals surface area contributed by atoms with E-state index in [1.54, 1.807) is 0 Å². The molecule has 3 atom stereocenters. The van der Waals surface area contributed by atoms with Crippen molar-refractivity contribution in [1.82, 2.24) is 10.2 Å². The fraction of sp³-hybridized carbons (Fsp3) is 0.923. The van der Waals surface area contributed by atoms with Gasteiger partial charge in [-0.3, -0.25) is 4.79 Å². The first-order valence-corrected chi connectivity index (χ1v) is 6.72. The Morgan fingerprint density at radius 1 is 1.41 bits per heavy atom. The van der Waals surface area contributed by atoms with E-state index in [9.17, 15) is 4.79 Å². The number of likely N-dealkylation sites (tertiary alicyclic amines) is 1. The minimum atomic E-state index is -0.189. The molecule has 1 amide bonds. The van der Waals surface area contributed by atoms with Crippen LogP contribution in [0.2, 0.25) is 0 Å². The van der Waals surface area contributed by atoms with Crippen molar-refractivity contribution in [2.45, 2.75) is 51.6 Å². The average Bonchev–Trinajstić information content (AvgIpc) is 2.24. The van der Waals surface area contributed by atoms with Gasteiger partial charge in [-0.05, 0) is 45.7 Å². The van der Waals surface area contributed by atoms with Crippen LogP contribution in [0.25, 0.3) is 0 Å². The third kappa shape index (κ3) is 5.04. The van der Waals surface area contributed by atoms with Crippen LogP contribution in [0.1, 0.15) is 39.5 Å². The largest absolute Gasteiger partial charge is 0.370 e. The molecule has 17 heavy (non-hydrogen) atoms. The van der Waals surface area contributed by atoms with Crippen LogP contribution in [0.5, 0.6) is 0 Å². The number of unbranched alkanes of at least 4 members (excludes halogenated alkanes) is 1. The average molecular weight is 241 g/mol. The molecule has 4 nitrogen and oxygen atoms in total. The van der Waals surface area contributed by atoms with E-state index in [0.717, 1.165) is 19.4 Å². The van der Waals surface area contributed by atoms with E-state index in [2.05, 4.69) is 31.1 Å². The van der Waals surface area contributed by atoms with Gasteiger partial charge in [-0.15, -0.1) is 0 Å². The van der Waals surface area contributed by atoms with E-state index in [-0.39, 0.29) is 5.91 Å². The SMILES string of the molecule is CC1CN(C)C(C)CC1NCCCCC(N)=O. The van der Waals surface area contributed by atoms with E-state index < -0.39 is 0 Å². The molecule has 1 saturated heterocycles. The zero-order chi connectivity index (χ0) is 12.8. The Kier molecular flexibility index (Phi) is 5.92. The number of nitrogens with one attached hydrogen (secondary N) is 1. The van der Waals surface area contributed by atoms with E-state index in [4.69, 9.17) is 5.73 Å². The Morgan fingerprint density at radius 3 is 2.76 bits per heavy atom. The van der Waals surface area contributed by atoms with Gasteiger partial charge < -0.3 is 16.0 Å². The van der Waals surface area contributed by atoms with Crippen LogP contribution in [0.3, 0.4) is 0 Å². The second-order valence-electron chi connectivity index (χ2n) is 5.49. The van der Waals surface area contributed by atoms with Gasteiger partial charge in [0.2, 0.25) is 5.91 Å². The maximum absolute atomic E-state index is 10.6. The standard InChI is InChI=1S/C13H27N3O/c1-10-9-16(3)11(2)8-12(10)15-7-5-4-6-13(14)17/h10-12,15H,4-9H2,1-3H3,(H2,14,17). The van der Waals surface area contributed by atoms with E-state index in [0.29, 0.717) is 24.4 Å². The van der Waals surface area contributed by atoms with Gasteiger partial charge in [-0.2, -0.15) is 0 Å². The topological polar surface area (TPSA) is 58.4 Å². The van der Waals surface area contributed by atoms with Gasteiger partial charge in [-0.25, -0.2) is 0 Å². The van der Waals surface area contributed by atoms with Crippen LogP contribution >= 0.6 is 0 Å². The van der Waals surface area contributed by atoms with Crippen molar-refractivity contribution in [3.8, 4) is 0 Å². The lowest BCUT2D eigenvalue weighted by Gasteiger charge is -2.40. The molecule has 0 saturated carbocycles. The highest BCUT2D eigenvalue weighted by Gasteiger charge is 2.27. The van der Waals surface area contributed by atoms with Gasteiger partial charge in [0, 0.05) is 25.0 Å². The summed E-state index contributed by atoms with van der Waals surface area (Å²) in [6.45, 7) is 6.76. The van der Waals surface area contributed by atoms with Crippen molar-refractivity contribution in [1.29, 1.82) is 0 Å². The number of carbonyl (C=O) groups excluding carboxylic acids is 1. The molecule has 4 heteroatoms. The van der Waals surface area contributed by atoms with Crippen molar-refractivity contribution >= 4 is 5.91 Å². The normalized spacial score (nSPS) is 30.4. The lowest BCUT2D eigenvalue weighted by atomic mass is 9.90. The van der Waals surface area contributed by atoms with Crippen LogP contribution in [0, 0.1) is 5.92 Å². The lowest BCUT2D eigenvalue weighted by molar-refractivity contribution is -0.118. The zero-order valence-corrected chi connectivity index (χ0v) is 11.4. The van der Waals surface area contributed by atoms with Crippen LogP contribution in [-0.2, 0) is 4.79 Å². The number of rotatable bonds is 6. The van der Waals surface area contributed by atoms with Crippen molar-refractivity contribution in [3.05, 3.63) is 0 Å². The van der Waals surface area contributed by atoms with Gasteiger partial charge in [0.15, 0.2) is 0 Å². The molecule has 0 aromatic carbocycles. The maximum Gasteiger partial charge on any atom is 0.217 e. The number of piperidine rings is 1. The second kappa shape index (κ2) is 6.97. The molecule has 3 unspecified atom stereocenters. The Bertz CT molecular complexity index is 245. The molecule has 1 aliphatic rings. The van der Waals surface area contributed by atoms with Crippen LogP contribution in [-0.4, -0.2) is 43.0 Å². The summed E-state index contributed by atoms with van der Waals surface area (Å²) in [5.74, 6) is 0.513. The Hall–Kier alpha value is -0.610. The van der Waals surface area contributed by atoms with Crippen molar-refractivity contribution in [3.63, 3.8) is 0 Å². The number of nitrogens with two attached hydrogens (primary N) is 1. The molecule has 0 spiro atoms. The van der Waals surface area contributed by atoms with Gasteiger partial charge in [0.25, 0.3) is 0 Å². The summed E-state index contributed by atoms with van der Waals surface area (Å²) < 4.78 is 0. The molecule has 1 rings (SSSR count). The third-order valence-electron chi connectivity index (χ3n) is 3.87. The fourth-order valence-corrected chi connectivity index (χ4v) is 2.54. The van der Waals surface area contributed by atoms with Gasteiger partial charge in [-0.1, -0.05) is 6.92 Å². The summed E-state index contributed by atoms with van der Waals surface area (Å²) in [5, 5.41) is 3.62. The molecule has 3 N–H and O–H groups in total. The molecule has 0 radical (unpaired) electrons. The molecular formula is C13H27N3O. The first kappa shape index (κ1) is 14.5. The third-order valence-corrected chi connectivity index (χ3v) is 3.87. The number of hydrogen-bond donors (Lipinski definition) is 2. The zero-order valence-electron chi connectivity index (χ0n) is 11.4. The van der Waals surface area contributed by atoms with Crippen LogP contribution in [0.15, 0.2) is 0 Å².